The van der Waals surface area contributed by atoms with Gasteiger partial charge in [0.05, 0.1) is 12.6 Å². The van der Waals surface area contributed by atoms with Crippen molar-refractivity contribution in [1.82, 2.24) is 4.98 Å². The van der Waals surface area contributed by atoms with E-state index in [0.717, 1.165) is 10.9 Å². The summed E-state index contributed by atoms with van der Waals surface area (Å²) in [7, 11) is 3.19. The minimum absolute atomic E-state index is 0.110. The second-order valence-electron chi connectivity index (χ2n) is 4.60. The van der Waals surface area contributed by atoms with Crippen LogP contribution in [-0.4, -0.2) is 24.3 Å². The van der Waals surface area contributed by atoms with E-state index in [4.69, 9.17) is 9.47 Å². The molecule has 0 saturated carbocycles. The van der Waals surface area contributed by atoms with Gasteiger partial charge in [0.1, 0.15) is 22.8 Å². The standard InChI is InChI=1S/C14H17NO3/c1-14(2,18-4)13-11(16)8-9-10(15-13)6-5-7-12(9)17-3/h5-8,16H,1-4H3. The van der Waals surface area contributed by atoms with Crippen LogP contribution in [-0.2, 0) is 10.3 Å². The maximum Gasteiger partial charge on any atom is 0.140 e. The van der Waals surface area contributed by atoms with Gasteiger partial charge in [-0.3, -0.25) is 0 Å². The van der Waals surface area contributed by atoms with Crippen molar-refractivity contribution in [3.63, 3.8) is 0 Å². The van der Waals surface area contributed by atoms with E-state index in [9.17, 15) is 5.11 Å². The zero-order valence-corrected chi connectivity index (χ0v) is 11.0. The van der Waals surface area contributed by atoms with Crippen LogP contribution in [0.2, 0.25) is 0 Å². The number of rotatable bonds is 3. The van der Waals surface area contributed by atoms with Crippen LogP contribution in [0, 0.1) is 0 Å². The van der Waals surface area contributed by atoms with E-state index in [1.807, 2.05) is 32.0 Å². The quantitative estimate of drug-likeness (QED) is 0.906. The molecule has 18 heavy (non-hydrogen) atoms. The van der Waals surface area contributed by atoms with E-state index in [0.29, 0.717) is 11.4 Å². The predicted molar refractivity (Wildman–Crippen MR) is 70.0 cm³/mol. The zero-order valence-electron chi connectivity index (χ0n) is 11.0. The third-order valence-corrected chi connectivity index (χ3v) is 3.10. The van der Waals surface area contributed by atoms with Crippen molar-refractivity contribution in [1.29, 1.82) is 0 Å². The van der Waals surface area contributed by atoms with Crippen LogP contribution in [0.3, 0.4) is 0 Å². The normalized spacial score (nSPS) is 11.8. The summed E-state index contributed by atoms with van der Waals surface area (Å²) >= 11 is 0. The summed E-state index contributed by atoms with van der Waals surface area (Å²) in [5.74, 6) is 0.802. The number of nitrogens with zero attached hydrogens (tertiary/aromatic N) is 1. The zero-order chi connectivity index (χ0) is 13.3. The van der Waals surface area contributed by atoms with Gasteiger partial charge >= 0.3 is 0 Å². The number of benzene rings is 1. The van der Waals surface area contributed by atoms with Gasteiger partial charge in [-0.2, -0.15) is 0 Å². The molecule has 4 nitrogen and oxygen atoms in total. The number of aromatic hydroxyl groups is 1. The summed E-state index contributed by atoms with van der Waals surface area (Å²) in [6.45, 7) is 3.72. The van der Waals surface area contributed by atoms with Gasteiger partial charge in [-0.15, -0.1) is 0 Å². The second-order valence-corrected chi connectivity index (χ2v) is 4.60. The molecule has 0 atom stereocenters. The lowest BCUT2D eigenvalue weighted by molar-refractivity contribution is 0.0138. The van der Waals surface area contributed by atoms with E-state index in [1.165, 1.54) is 0 Å². The van der Waals surface area contributed by atoms with Gasteiger partial charge in [-0.1, -0.05) is 6.07 Å². The summed E-state index contributed by atoms with van der Waals surface area (Å²) in [5.41, 5.74) is 0.652. The van der Waals surface area contributed by atoms with Crippen LogP contribution in [0.15, 0.2) is 24.3 Å². The van der Waals surface area contributed by atoms with Crippen molar-refractivity contribution >= 4 is 10.9 Å². The number of hydrogen-bond donors (Lipinski definition) is 1. The Morgan fingerprint density at radius 3 is 2.56 bits per heavy atom. The topological polar surface area (TPSA) is 51.6 Å². The fourth-order valence-corrected chi connectivity index (χ4v) is 1.88. The molecule has 1 aromatic heterocycles. The average molecular weight is 247 g/mol. The molecule has 96 valence electrons. The van der Waals surface area contributed by atoms with Crippen molar-refractivity contribution < 1.29 is 14.6 Å². The fourth-order valence-electron chi connectivity index (χ4n) is 1.88. The van der Waals surface area contributed by atoms with Crippen LogP contribution in [0.5, 0.6) is 11.5 Å². The van der Waals surface area contributed by atoms with Gasteiger partial charge in [0, 0.05) is 12.5 Å². The molecule has 0 radical (unpaired) electrons. The molecule has 0 aliphatic carbocycles. The van der Waals surface area contributed by atoms with Gasteiger partial charge in [-0.25, -0.2) is 4.98 Å². The third-order valence-electron chi connectivity index (χ3n) is 3.10. The summed E-state index contributed by atoms with van der Waals surface area (Å²) in [6.07, 6.45) is 0. The number of hydrogen-bond acceptors (Lipinski definition) is 4. The van der Waals surface area contributed by atoms with Gasteiger partial charge in [0.25, 0.3) is 0 Å². The van der Waals surface area contributed by atoms with E-state index >= 15 is 0 Å². The minimum Gasteiger partial charge on any atom is -0.506 e. The van der Waals surface area contributed by atoms with Crippen molar-refractivity contribution in [2.75, 3.05) is 14.2 Å². The molecule has 0 fully saturated rings. The Hall–Kier alpha value is -1.81. The third kappa shape index (κ3) is 1.99. The highest BCUT2D eigenvalue weighted by Gasteiger charge is 2.26. The molecular weight excluding hydrogens is 230 g/mol. The summed E-state index contributed by atoms with van der Waals surface area (Å²) < 4.78 is 10.6. The Balaban J connectivity index is 2.71. The van der Waals surface area contributed by atoms with Gasteiger partial charge in [0.15, 0.2) is 0 Å². The first kappa shape index (κ1) is 12.6. The number of ether oxygens (including phenoxy) is 2. The molecule has 1 aromatic carbocycles. The summed E-state index contributed by atoms with van der Waals surface area (Å²) in [4.78, 5) is 4.47. The van der Waals surface area contributed by atoms with Crippen molar-refractivity contribution in [2.45, 2.75) is 19.4 Å². The molecule has 0 saturated heterocycles. The molecular formula is C14H17NO3. The summed E-state index contributed by atoms with van der Waals surface area (Å²) in [5, 5.41) is 10.9. The minimum atomic E-state index is -0.638. The highest BCUT2D eigenvalue weighted by Crippen LogP contribution is 2.35. The van der Waals surface area contributed by atoms with Crippen LogP contribution >= 0.6 is 0 Å². The highest BCUT2D eigenvalue weighted by atomic mass is 16.5. The number of pyridine rings is 1. The molecule has 0 aliphatic rings. The van der Waals surface area contributed by atoms with Crippen LogP contribution in [0.25, 0.3) is 10.9 Å². The molecule has 1 heterocycles. The van der Waals surface area contributed by atoms with Crippen molar-refractivity contribution in [3.8, 4) is 11.5 Å². The summed E-state index contributed by atoms with van der Waals surface area (Å²) in [6, 6.07) is 7.25. The maximum atomic E-state index is 10.1. The van der Waals surface area contributed by atoms with Crippen molar-refractivity contribution in [3.05, 3.63) is 30.0 Å². The van der Waals surface area contributed by atoms with Crippen LogP contribution in [0.1, 0.15) is 19.5 Å². The highest BCUT2D eigenvalue weighted by molar-refractivity contribution is 5.86. The largest absolute Gasteiger partial charge is 0.506 e. The molecule has 0 spiro atoms. The average Bonchev–Trinajstić information content (AvgIpc) is 2.37. The molecule has 0 amide bonds. The predicted octanol–water partition coefficient (Wildman–Crippen LogP) is 2.83. The Bertz CT molecular complexity index is 579. The first-order valence-electron chi connectivity index (χ1n) is 5.72. The van der Waals surface area contributed by atoms with Gasteiger partial charge < -0.3 is 14.6 Å². The number of fused-ring (bicyclic) bond motifs is 1. The molecule has 0 unspecified atom stereocenters. The molecule has 0 aliphatic heterocycles. The fraction of sp³-hybridized carbons (Fsp3) is 0.357. The van der Waals surface area contributed by atoms with Crippen LogP contribution < -0.4 is 4.74 Å². The lowest BCUT2D eigenvalue weighted by Gasteiger charge is -2.23. The Morgan fingerprint density at radius 2 is 1.94 bits per heavy atom. The van der Waals surface area contributed by atoms with E-state index in [-0.39, 0.29) is 5.75 Å². The molecule has 2 rings (SSSR count). The second kappa shape index (κ2) is 4.46. The number of methoxy groups -OCH3 is 2. The smallest absolute Gasteiger partial charge is 0.140 e. The van der Waals surface area contributed by atoms with Crippen molar-refractivity contribution in [2.24, 2.45) is 0 Å². The lowest BCUT2D eigenvalue weighted by Crippen LogP contribution is -2.21. The maximum absolute atomic E-state index is 10.1. The SMILES string of the molecule is COc1cccc2nc(C(C)(C)OC)c(O)cc12. The molecule has 2 aromatic rings. The molecule has 0 bridgehead atoms. The lowest BCUT2D eigenvalue weighted by atomic mass is 10.0. The van der Waals surface area contributed by atoms with E-state index in [1.54, 1.807) is 20.3 Å². The monoisotopic (exact) mass is 247 g/mol. The first-order valence-corrected chi connectivity index (χ1v) is 5.72. The van der Waals surface area contributed by atoms with E-state index in [2.05, 4.69) is 4.98 Å². The van der Waals surface area contributed by atoms with E-state index < -0.39 is 5.60 Å². The molecule has 4 heteroatoms. The Labute approximate surface area is 106 Å². The van der Waals surface area contributed by atoms with Crippen LogP contribution in [0.4, 0.5) is 0 Å². The number of aromatic nitrogens is 1. The Morgan fingerprint density at radius 1 is 1.22 bits per heavy atom. The first-order chi connectivity index (χ1) is 8.49. The van der Waals surface area contributed by atoms with Gasteiger partial charge in [-0.05, 0) is 32.0 Å². The molecule has 1 N–H and O–H groups in total. The van der Waals surface area contributed by atoms with Gasteiger partial charge in [0.2, 0.25) is 0 Å². The Kier molecular flexibility index (Phi) is 3.13.